The molecule has 5 heteroatoms. The highest BCUT2D eigenvalue weighted by atomic mass is 35.5. The molecular weight excluding hydrogens is 249 g/mol. The normalized spacial score (nSPS) is 10.8. The molecule has 16 heavy (non-hydrogen) atoms. The molecule has 1 rings (SSSR count). The Kier molecular flexibility index (Phi) is 4.80. The molecule has 86 valence electrons. The van der Waals surface area contributed by atoms with Gasteiger partial charge in [-0.2, -0.15) is 0 Å². The van der Waals surface area contributed by atoms with Gasteiger partial charge in [0.25, 0.3) is 5.91 Å². The number of carbonyl (C=O) groups is 1. The van der Waals surface area contributed by atoms with Crippen molar-refractivity contribution in [2.24, 2.45) is 0 Å². The van der Waals surface area contributed by atoms with Gasteiger partial charge in [0.15, 0.2) is 0 Å². The Morgan fingerprint density at radius 1 is 1.38 bits per heavy atom. The van der Waals surface area contributed by atoms with Gasteiger partial charge in [0.2, 0.25) is 0 Å². The minimum atomic E-state index is -0.293. The van der Waals surface area contributed by atoms with Crippen LogP contribution in [-0.4, -0.2) is 25.1 Å². The fraction of sp³-hybridized carbons (Fsp3) is 0.182. The van der Waals surface area contributed by atoms with Crippen molar-refractivity contribution in [2.75, 3.05) is 14.2 Å². The van der Waals surface area contributed by atoms with Crippen LogP contribution in [0.2, 0.25) is 10.0 Å². The molecule has 0 spiro atoms. The van der Waals surface area contributed by atoms with E-state index < -0.39 is 0 Å². The molecule has 0 saturated heterocycles. The van der Waals surface area contributed by atoms with E-state index in [9.17, 15) is 4.79 Å². The molecular formula is C11H11Cl2NO2. The number of carbonyl (C=O) groups excluding carboxylic acids is 1. The van der Waals surface area contributed by atoms with Gasteiger partial charge in [-0.05, 0) is 18.2 Å². The van der Waals surface area contributed by atoms with Crippen LogP contribution in [0, 0.1) is 0 Å². The van der Waals surface area contributed by atoms with Gasteiger partial charge in [-0.15, -0.1) is 0 Å². The fourth-order valence-electron chi connectivity index (χ4n) is 1.02. The number of benzene rings is 1. The Labute approximate surface area is 104 Å². The van der Waals surface area contributed by atoms with E-state index in [-0.39, 0.29) is 5.91 Å². The van der Waals surface area contributed by atoms with Gasteiger partial charge >= 0.3 is 0 Å². The van der Waals surface area contributed by atoms with E-state index >= 15 is 0 Å². The lowest BCUT2D eigenvalue weighted by atomic mass is 10.2. The standard InChI is InChI=1S/C11H11Cl2NO2/c1-14(16-2)11(15)7-6-8-9(12)4-3-5-10(8)13/h3-7H,1-2H3. The minimum Gasteiger partial charge on any atom is -0.274 e. The molecule has 0 aliphatic rings. The summed E-state index contributed by atoms with van der Waals surface area (Å²) in [6.07, 6.45) is 2.90. The van der Waals surface area contributed by atoms with Crippen LogP contribution in [-0.2, 0) is 9.63 Å². The van der Waals surface area contributed by atoms with Crippen molar-refractivity contribution in [3.05, 3.63) is 39.9 Å². The summed E-state index contributed by atoms with van der Waals surface area (Å²) in [4.78, 5) is 16.1. The molecule has 0 bridgehead atoms. The quantitative estimate of drug-likeness (QED) is 0.617. The second-order valence-electron chi connectivity index (χ2n) is 2.99. The van der Waals surface area contributed by atoms with Crippen molar-refractivity contribution < 1.29 is 9.63 Å². The third-order valence-electron chi connectivity index (χ3n) is 1.98. The molecule has 1 aromatic carbocycles. The molecule has 3 nitrogen and oxygen atoms in total. The molecule has 1 aromatic rings. The second-order valence-corrected chi connectivity index (χ2v) is 3.80. The van der Waals surface area contributed by atoms with Crippen molar-refractivity contribution >= 4 is 35.2 Å². The maximum atomic E-state index is 11.4. The summed E-state index contributed by atoms with van der Waals surface area (Å²) in [5.41, 5.74) is 0.615. The van der Waals surface area contributed by atoms with Gasteiger partial charge in [0, 0.05) is 28.7 Å². The zero-order chi connectivity index (χ0) is 12.1. The van der Waals surface area contributed by atoms with E-state index in [4.69, 9.17) is 28.0 Å². The summed E-state index contributed by atoms with van der Waals surface area (Å²) in [5.74, 6) is -0.293. The van der Waals surface area contributed by atoms with E-state index in [1.807, 2.05) is 0 Å². The smallest absolute Gasteiger partial charge is 0.269 e. The summed E-state index contributed by atoms with van der Waals surface area (Å²) in [5, 5.41) is 2.09. The molecule has 0 aliphatic heterocycles. The highest BCUT2D eigenvalue weighted by molar-refractivity contribution is 6.37. The highest BCUT2D eigenvalue weighted by Crippen LogP contribution is 2.25. The van der Waals surface area contributed by atoms with Crippen LogP contribution in [0.3, 0.4) is 0 Å². The van der Waals surface area contributed by atoms with E-state index in [0.717, 1.165) is 5.06 Å². The molecule has 0 atom stereocenters. The summed E-state index contributed by atoms with van der Waals surface area (Å²) in [6.45, 7) is 0. The molecule has 0 N–H and O–H groups in total. The number of halogens is 2. The molecule has 0 heterocycles. The number of hydroxylamine groups is 2. The average molecular weight is 260 g/mol. The lowest BCUT2D eigenvalue weighted by molar-refractivity contribution is -0.162. The van der Waals surface area contributed by atoms with Crippen LogP contribution in [0.1, 0.15) is 5.56 Å². The summed E-state index contributed by atoms with van der Waals surface area (Å²) in [7, 11) is 2.93. The number of hydrogen-bond donors (Lipinski definition) is 0. The summed E-state index contributed by atoms with van der Waals surface area (Å²) < 4.78 is 0. The molecule has 1 amide bonds. The van der Waals surface area contributed by atoms with Crippen LogP contribution in [0.15, 0.2) is 24.3 Å². The largest absolute Gasteiger partial charge is 0.274 e. The first-order valence-corrected chi connectivity index (χ1v) is 5.25. The van der Waals surface area contributed by atoms with Crippen molar-refractivity contribution in [3.8, 4) is 0 Å². The first-order valence-electron chi connectivity index (χ1n) is 4.50. The topological polar surface area (TPSA) is 29.5 Å². The monoisotopic (exact) mass is 259 g/mol. The number of likely N-dealkylation sites (N-methyl/N-ethyl adjacent to an activating group) is 1. The fourth-order valence-corrected chi connectivity index (χ4v) is 1.54. The third-order valence-corrected chi connectivity index (χ3v) is 2.64. The summed E-state index contributed by atoms with van der Waals surface area (Å²) >= 11 is 11.9. The second kappa shape index (κ2) is 5.89. The van der Waals surface area contributed by atoms with Gasteiger partial charge < -0.3 is 0 Å². The lowest BCUT2D eigenvalue weighted by Crippen LogP contribution is -2.22. The molecule has 0 saturated carbocycles. The minimum absolute atomic E-state index is 0.293. The first-order chi connectivity index (χ1) is 7.56. The van der Waals surface area contributed by atoms with Gasteiger partial charge in [-0.25, -0.2) is 5.06 Å². The van der Waals surface area contributed by atoms with E-state index in [1.54, 1.807) is 24.3 Å². The van der Waals surface area contributed by atoms with Crippen molar-refractivity contribution in [3.63, 3.8) is 0 Å². The maximum Gasteiger partial charge on any atom is 0.269 e. The molecule has 0 radical (unpaired) electrons. The number of rotatable bonds is 3. The van der Waals surface area contributed by atoms with Crippen LogP contribution >= 0.6 is 23.2 Å². The van der Waals surface area contributed by atoms with Crippen LogP contribution in [0.4, 0.5) is 0 Å². The predicted molar refractivity (Wildman–Crippen MR) is 65.3 cm³/mol. The van der Waals surface area contributed by atoms with Crippen molar-refractivity contribution in [1.29, 1.82) is 0 Å². The van der Waals surface area contributed by atoms with Gasteiger partial charge in [0.1, 0.15) is 0 Å². The predicted octanol–water partition coefficient (Wildman–Crippen LogP) is 3.03. The van der Waals surface area contributed by atoms with E-state index in [2.05, 4.69) is 0 Å². The SMILES string of the molecule is CON(C)C(=O)C=Cc1c(Cl)cccc1Cl. The first kappa shape index (κ1) is 13.0. The Morgan fingerprint density at radius 3 is 2.44 bits per heavy atom. The molecule has 0 aromatic heterocycles. The zero-order valence-corrected chi connectivity index (χ0v) is 10.4. The van der Waals surface area contributed by atoms with Crippen molar-refractivity contribution in [2.45, 2.75) is 0 Å². The maximum absolute atomic E-state index is 11.4. The number of nitrogens with zero attached hydrogens (tertiary/aromatic N) is 1. The van der Waals surface area contributed by atoms with Crippen LogP contribution in [0.25, 0.3) is 6.08 Å². The molecule has 0 aliphatic carbocycles. The lowest BCUT2D eigenvalue weighted by Gasteiger charge is -2.10. The molecule has 0 unspecified atom stereocenters. The highest BCUT2D eigenvalue weighted by Gasteiger charge is 2.05. The van der Waals surface area contributed by atoms with Crippen LogP contribution < -0.4 is 0 Å². The third kappa shape index (κ3) is 3.23. The van der Waals surface area contributed by atoms with Gasteiger partial charge in [0.05, 0.1) is 7.11 Å². The van der Waals surface area contributed by atoms with Gasteiger partial charge in [-0.3, -0.25) is 9.63 Å². The van der Waals surface area contributed by atoms with E-state index in [0.29, 0.717) is 15.6 Å². The zero-order valence-electron chi connectivity index (χ0n) is 8.91. The van der Waals surface area contributed by atoms with Crippen molar-refractivity contribution in [1.82, 2.24) is 5.06 Å². The van der Waals surface area contributed by atoms with Crippen LogP contribution in [0.5, 0.6) is 0 Å². The average Bonchev–Trinajstić information content (AvgIpc) is 2.27. The summed E-state index contributed by atoms with van der Waals surface area (Å²) in [6, 6.07) is 5.15. The number of hydrogen-bond acceptors (Lipinski definition) is 2. The Morgan fingerprint density at radius 2 is 1.94 bits per heavy atom. The Bertz CT molecular complexity index is 398. The number of amides is 1. The Balaban J connectivity index is 2.88. The van der Waals surface area contributed by atoms with E-state index in [1.165, 1.54) is 20.2 Å². The Hall–Kier alpha value is -1.03. The van der Waals surface area contributed by atoms with Gasteiger partial charge in [-0.1, -0.05) is 29.3 Å². The molecule has 0 fully saturated rings.